The van der Waals surface area contributed by atoms with Crippen LogP contribution >= 0.6 is 15.9 Å². The molecule has 1 aromatic rings. The molecule has 0 aliphatic carbocycles. The minimum absolute atomic E-state index is 0.239. The fourth-order valence-corrected chi connectivity index (χ4v) is 0.912. The molecule has 0 fully saturated rings. The number of hydrogen-bond donors (Lipinski definition) is 2. The predicted molar refractivity (Wildman–Crippen MR) is 46.8 cm³/mol. The van der Waals surface area contributed by atoms with Crippen LogP contribution in [-0.4, -0.2) is 16.2 Å². The second-order valence-corrected chi connectivity index (χ2v) is 3.04. The molecule has 4 nitrogen and oxygen atoms in total. The van der Waals surface area contributed by atoms with Crippen molar-refractivity contribution in [3.05, 3.63) is 28.5 Å². The number of carboxylic acid groups (broad SMARTS) is 1. The zero-order valence-corrected chi connectivity index (χ0v) is 7.71. The summed E-state index contributed by atoms with van der Waals surface area (Å²) in [4.78, 5) is 14.1. The maximum atomic E-state index is 10.1. The van der Waals surface area contributed by atoms with Crippen molar-refractivity contribution in [1.82, 2.24) is 10.3 Å². The highest BCUT2D eigenvalue weighted by Gasteiger charge is 1.96. The van der Waals surface area contributed by atoms with Crippen LogP contribution in [-0.2, 0) is 6.54 Å². The van der Waals surface area contributed by atoms with E-state index in [1.807, 2.05) is 6.07 Å². The first-order chi connectivity index (χ1) is 5.68. The Labute approximate surface area is 77.8 Å². The molecule has 0 bridgehead atoms. The number of rotatable bonds is 2. The Morgan fingerprint density at radius 1 is 1.67 bits per heavy atom. The van der Waals surface area contributed by atoms with Crippen LogP contribution in [0.1, 0.15) is 5.69 Å². The molecule has 0 atom stereocenters. The maximum absolute atomic E-state index is 10.1. The van der Waals surface area contributed by atoms with E-state index >= 15 is 0 Å². The van der Waals surface area contributed by atoms with E-state index in [9.17, 15) is 4.79 Å². The summed E-state index contributed by atoms with van der Waals surface area (Å²) in [6, 6.07) is 3.56. The van der Waals surface area contributed by atoms with E-state index in [1.165, 1.54) is 0 Å². The van der Waals surface area contributed by atoms with Gasteiger partial charge in [-0.1, -0.05) is 0 Å². The van der Waals surface area contributed by atoms with Crippen LogP contribution in [0.3, 0.4) is 0 Å². The number of nitrogens with one attached hydrogen (secondary N) is 1. The van der Waals surface area contributed by atoms with Gasteiger partial charge in [0.2, 0.25) is 0 Å². The molecule has 0 aliphatic heterocycles. The molecule has 5 heteroatoms. The summed E-state index contributed by atoms with van der Waals surface area (Å²) in [6.07, 6.45) is 0.582. The minimum atomic E-state index is -1.04. The van der Waals surface area contributed by atoms with E-state index < -0.39 is 6.09 Å². The second-order valence-electron chi connectivity index (χ2n) is 2.13. The number of halogens is 1. The van der Waals surface area contributed by atoms with Gasteiger partial charge in [0.25, 0.3) is 0 Å². The van der Waals surface area contributed by atoms with Gasteiger partial charge in [0.1, 0.15) is 0 Å². The lowest BCUT2D eigenvalue weighted by Crippen LogP contribution is -2.20. The number of aromatic nitrogens is 1. The lowest BCUT2D eigenvalue weighted by molar-refractivity contribution is 0.194. The van der Waals surface area contributed by atoms with E-state index in [0.29, 0.717) is 5.69 Å². The van der Waals surface area contributed by atoms with Gasteiger partial charge in [-0.05, 0) is 28.1 Å². The van der Waals surface area contributed by atoms with Gasteiger partial charge in [0.05, 0.1) is 12.2 Å². The van der Waals surface area contributed by atoms with Gasteiger partial charge >= 0.3 is 6.09 Å². The molecular weight excluding hydrogens is 224 g/mol. The summed E-state index contributed by atoms with van der Waals surface area (Å²) >= 11 is 3.23. The zero-order chi connectivity index (χ0) is 8.97. The van der Waals surface area contributed by atoms with Gasteiger partial charge in [-0.3, -0.25) is 4.98 Å². The molecule has 0 saturated carbocycles. The van der Waals surface area contributed by atoms with Gasteiger partial charge in [-0.15, -0.1) is 0 Å². The van der Waals surface area contributed by atoms with Crippen molar-refractivity contribution in [1.29, 1.82) is 0 Å². The molecule has 0 spiro atoms. The van der Waals surface area contributed by atoms with Crippen LogP contribution in [0.25, 0.3) is 0 Å². The Morgan fingerprint density at radius 2 is 2.42 bits per heavy atom. The number of hydrogen-bond acceptors (Lipinski definition) is 2. The van der Waals surface area contributed by atoms with Crippen LogP contribution < -0.4 is 5.32 Å². The van der Waals surface area contributed by atoms with Crippen LogP contribution in [0.15, 0.2) is 22.8 Å². The van der Waals surface area contributed by atoms with Crippen LogP contribution in [0.5, 0.6) is 0 Å². The fourth-order valence-electron chi connectivity index (χ4n) is 0.677. The SMILES string of the molecule is O=C(O)NCc1ccc(Br)cn1. The molecule has 1 amide bonds. The Kier molecular flexibility index (Phi) is 3.04. The maximum Gasteiger partial charge on any atom is 0.404 e. The van der Waals surface area contributed by atoms with E-state index in [0.717, 1.165) is 4.47 Å². The van der Waals surface area contributed by atoms with Crippen molar-refractivity contribution in [2.45, 2.75) is 6.54 Å². The van der Waals surface area contributed by atoms with E-state index in [1.54, 1.807) is 12.3 Å². The van der Waals surface area contributed by atoms with Crippen molar-refractivity contribution in [3.63, 3.8) is 0 Å². The van der Waals surface area contributed by atoms with Gasteiger partial charge in [0.15, 0.2) is 0 Å². The molecule has 12 heavy (non-hydrogen) atoms. The first-order valence-electron chi connectivity index (χ1n) is 3.25. The normalized spacial score (nSPS) is 9.42. The number of carbonyl (C=O) groups is 1. The van der Waals surface area contributed by atoms with E-state index in [2.05, 4.69) is 26.2 Å². The number of pyridine rings is 1. The highest BCUT2D eigenvalue weighted by Crippen LogP contribution is 2.06. The van der Waals surface area contributed by atoms with Gasteiger partial charge in [-0.2, -0.15) is 0 Å². The average molecular weight is 231 g/mol. The molecule has 0 saturated heterocycles. The lowest BCUT2D eigenvalue weighted by atomic mass is 10.3. The standard InChI is InChI=1S/C7H7BrN2O2/c8-5-1-2-6(9-3-5)4-10-7(11)12/h1-3,10H,4H2,(H,11,12). The molecule has 1 heterocycles. The summed E-state index contributed by atoms with van der Waals surface area (Å²) in [7, 11) is 0. The van der Waals surface area contributed by atoms with Crippen molar-refractivity contribution < 1.29 is 9.90 Å². The Balaban J connectivity index is 2.53. The number of amides is 1. The van der Waals surface area contributed by atoms with Crippen molar-refractivity contribution in [3.8, 4) is 0 Å². The van der Waals surface area contributed by atoms with Crippen molar-refractivity contribution in [2.24, 2.45) is 0 Å². The highest BCUT2D eigenvalue weighted by molar-refractivity contribution is 9.10. The van der Waals surface area contributed by atoms with Gasteiger partial charge in [-0.25, -0.2) is 4.79 Å². The summed E-state index contributed by atoms with van der Waals surface area (Å²) in [5.74, 6) is 0. The molecule has 1 aromatic heterocycles. The second kappa shape index (κ2) is 4.06. The summed E-state index contributed by atoms with van der Waals surface area (Å²) < 4.78 is 0.876. The first kappa shape index (κ1) is 8.99. The van der Waals surface area contributed by atoms with Crippen molar-refractivity contribution >= 4 is 22.0 Å². The lowest BCUT2D eigenvalue weighted by Gasteiger charge is -1.99. The molecule has 2 N–H and O–H groups in total. The fraction of sp³-hybridized carbons (Fsp3) is 0.143. The average Bonchev–Trinajstić information content (AvgIpc) is 2.03. The third-order valence-corrected chi connectivity index (χ3v) is 1.68. The highest BCUT2D eigenvalue weighted by atomic mass is 79.9. The first-order valence-corrected chi connectivity index (χ1v) is 4.05. The largest absolute Gasteiger partial charge is 0.465 e. The van der Waals surface area contributed by atoms with Gasteiger partial charge < -0.3 is 10.4 Å². The molecule has 64 valence electrons. The molecule has 0 radical (unpaired) electrons. The summed E-state index contributed by atoms with van der Waals surface area (Å²) in [5.41, 5.74) is 0.695. The molecular formula is C7H7BrN2O2. The van der Waals surface area contributed by atoms with E-state index in [4.69, 9.17) is 5.11 Å². The Morgan fingerprint density at radius 3 is 2.92 bits per heavy atom. The van der Waals surface area contributed by atoms with Crippen LogP contribution in [0, 0.1) is 0 Å². The number of nitrogens with zero attached hydrogens (tertiary/aromatic N) is 1. The third-order valence-electron chi connectivity index (χ3n) is 1.21. The Bertz CT molecular complexity index is 273. The monoisotopic (exact) mass is 230 g/mol. The molecule has 0 aliphatic rings. The third kappa shape index (κ3) is 2.87. The Hall–Kier alpha value is -1.10. The van der Waals surface area contributed by atoms with E-state index in [-0.39, 0.29) is 6.54 Å². The quantitative estimate of drug-likeness (QED) is 0.812. The molecule has 0 unspecified atom stereocenters. The smallest absolute Gasteiger partial charge is 0.404 e. The summed E-state index contributed by atoms with van der Waals surface area (Å²) in [6.45, 7) is 0.239. The zero-order valence-electron chi connectivity index (χ0n) is 6.12. The summed E-state index contributed by atoms with van der Waals surface area (Å²) in [5, 5.41) is 10.5. The topological polar surface area (TPSA) is 62.2 Å². The van der Waals surface area contributed by atoms with Crippen molar-refractivity contribution in [2.75, 3.05) is 0 Å². The van der Waals surface area contributed by atoms with Crippen LogP contribution in [0.4, 0.5) is 4.79 Å². The molecule has 0 aromatic carbocycles. The predicted octanol–water partition coefficient (Wildman–Crippen LogP) is 1.61. The molecule has 1 rings (SSSR count). The van der Waals surface area contributed by atoms with Gasteiger partial charge in [0, 0.05) is 10.7 Å². The minimum Gasteiger partial charge on any atom is -0.465 e. The van der Waals surface area contributed by atoms with Crippen LogP contribution in [0.2, 0.25) is 0 Å².